The van der Waals surface area contributed by atoms with Crippen molar-refractivity contribution in [3.05, 3.63) is 81.3 Å². The van der Waals surface area contributed by atoms with Crippen molar-refractivity contribution < 1.29 is 14.3 Å². The lowest BCUT2D eigenvalue weighted by molar-refractivity contribution is -0.130. The smallest absolute Gasteiger partial charge is 0.341 e. The van der Waals surface area contributed by atoms with E-state index in [0.717, 1.165) is 24.2 Å². The molecule has 1 atom stereocenters. The van der Waals surface area contributed by atoms with Gasteiger partial charge in [-0.2, -0.15) is 0 Å². The molecule has 1 aliphatic carbocycles. The molecule has 1 saturated carbocycles. The van der Waals surface area contributed by atoms with Gasteiger partial charge in [0.05, 0.1) is 12.1 Å². The lowest BCUT2D eigenvalue weighted by Gasteiger charge is -2.18. The van der Waals surface area contributed by atoms with Crippen LogP contribution in [0, 0.1) is 13.8 Å². The number of amides is 1. The fourth-order valence-electron chi connectivity index (χ4n) is 3.39. The maximum atomic E-state index is 13.0. The highest BCUT2D eigenvalue weighted by Crippen LogP contribution is 2.26. The van der Waals surface area contributed by atoms with Crippen LogP contribution in [0.15, 0.2) is 53.9 Å². The van der Waals surface area contributed by atoms with Gasteiger partial charge in [-0.3, -0.25) is 4.79 Å². The number of hydrogen-bond acceptors (Lipinski definition) is 4. The van der Waals surface area contributed by atoms with Crippen LogP contribution in [-0.2, 0) is 16.1 Å². The SMILES string of the molecule is Cc1cc(C(=O)O[C@H](C(=O)NC2CC2)c2ccccc2)c(C)n1Cc1cccs1. The van der Waals surface area contributed by atoms with Crippen molar-refractivity contribution in [1.82, 2.24) is 9.88 Å². The minimum absolute atomic E-state index is 0.197. The van der Waals surface area contributed by atoms with Crippen molar-refractivity contribution in [2.75, 3.05) is 0 Å². The van der Waals surface area contributed by atoms with E-state index >= 15 is 0 Å². The zero-order chi connectivity index (χ0) is 20.4. The molecule has 29 heavy (non-hydrogen) atoms. The van der Waals surface area contributed by atoms with Gasteiger partial charge in [0.1, 0.15) is 0 Å². The Morgan fingerprint density at radius 2 is 1.93 bits per heavy atom. The average molecular weight is 409 g/mol. The van der Waals surface area contributed by atoms with E-state index < -0.39 is 12.1 Å². The molecule has 1 N–H and O–H groups in total. The molecule has 0 unspecified atom stereocenters. The Labute approximate surface area is 174 Å². The monoisotopic (exact) mass is 408 g/mol. The normalized spacial score (nSPS) is 14.4. The van der Waals surface area contributed by atoms with Crippen molar-refractivity contribution in [2.24, 2.45) is 0 Å². The molecule has 6 heteroatoms. The van der Waals surface area contributed by atoms with Gasteiger partial charge in [-0.15, -0.1) is 11.3 Å². The molecule has 150 valence electrons. The topological polar surface area (TPSA) is 60.3 Å². The summed E-state index contributed by atoms with van der Waals surface area (Å²) in [5.74, 6) is -0.741. The molecular formula is C23H24N2O3S. The lowest BCUT2D eigenvalue weighted by atomic mass is 10.1. The van der Waals surface area contributed by atoms with Crippen molar-refractivity contribution >= 4 is 23.2 Å². The predicted octanol–water partition coefficient (Wildman–Crippen LogP) is 4.39. The van der Waals surface area contributed by atoms with Crippen LogP contribution in [0.3, 0.4) is 0 Å². The standard InChI is InChI=1S/C23H24N2O3S/c1-15-13-20(16(2)25(15)14-19-9-6-12-29-19)23(27)28-21(17-7-4-3-5-8-17)22(26)24-18-10-11-18/h3-9,12-13,18,21H,10-11,14H2,1-2H3,(H,24,26)/t21-/m0/s1. The number of carbonyl (C=O) groups is 2. The fourth-order valence-corrected chi connectivity index (χ4v) is 4.08. The number of aryl methyl sites for hydroxylation is 1. The van der Waals surface area contributed by atoms with E-state index in [0.29, 0.717) is 17.7 Å². The largest absolute Gasteiger partial charge is 0.444 e. The van der Waals surface area contributed by atoms with E-state index in [1.165, 1.54) is 4.88 Å². The van der Waals surface area contributed by atoms with Gasteiger partial charge in [-0.05, 0) is 44.2 Å². The Morgan fingerprint density at radius 1 is 1.17 bits per heavy atom. The van der Waals surface area contributed by atoms with Crippen LogP contribution in [0.2, 0.25) is 0 Å². The summed E-state index contributed by atoms with van der Waals surface area (Å²) in [7, 11) is 0. The fraction of sp³-hybridized carbons (Fsp3) is 0.304. The van der Waals surface area contributed by atoms with E-state index in [1.807, 2.05) is 61.7 Å². The van der Waals surface area contributed by atoms with E-state index in [9.17, 15) is 9.59 Å². The van der Waals surface area contributed by atoms with Gasteiger partial charge in [0.2, 0.25) is 6.10 Å². The van der Waals surface area contributed by atoms with Crippen molar-refractivity contribution in [3.8, 4) is 0 Å². The number of esters is 1. The first kappa shape index (κ1) is 19.5. The minimum Gasteiger partial charge on any atom is -0.444 e. The zero-order valence-electron chi connectivity index (χ0n) is 16.6. The molecule has 1 aliphatic rings. The maximum Gasteiger partial charge on any atom is 0.341 e. The summed E-state index contributed by atoms with van der Waals surface area (Å²) >= 11 is 1.69. The Kier molecular flexibility index (Phi) is 5.53. The minimum atomic E-state index is -0.954. The summed E-state index contributed by atoms with van der Waals surface area (Å²) < 4.78 is 7.84. The Bertz CT molecular complexity index is 1000. The summed E-state index contributed by atoms with van der Waals surface area (Å²) in [5, 5.41) is 4.99. The van der Waals surface area contributed by atoms with Gasteiger partial charge in [-0.1, -0.05) is 36.4 Å². The number of nitrogens with one attached hydrogen (secondary N) is 1. The first-order chi connectivity index (χ1) is 14.0. The predicted molar refractivity (Wildman–Crippen MR) is 113 cm³/mol. The first-order valence-electron chi connectivity index (χ1n) is 9.78. The highest BCUT2D eigenvalue weighted by Gasteiger charge is 2.31. The second-order valence-electron chi connectivity index (χ2n) is 7.43. The highest BCUT2D eigenvalue weighted by atomic mass is 32.1. The number of hydrogen-bond donors (Lipinski definition) is 1. The number of rotatable bonds is 7. The molecule has 0 bridgehead atoms. The quantitative estimate of drug-likeness (QED) is 0.590. The molecule has 1 amide bonds. The molecule has 2 aromatic heterocycles. The van der Waals surface area contributed by atoms with E-state index in [-0.39, 0.29) is 11.9 Å². The third kappa shape index (κ3) is 4.43. The van der Waals surface area contributed by atoms with E-state index in [4.69, 9.17) is 4.74 Å². The number of thiophene rings is 1. The van der Waals surface area contributed by atoms with Crippen LogP contribution >= 0.6 is 11.3 Å². The molecule has 4 rings (SSSR count). The summed E-state index contributed by atoms with van der Waals surface area (Å²) in [5.41, 5.74) is 3.00. The Hall–Kier alpha value is -2.86. The van der Waals surface area contributed by atoms with Gasteiger partial charge in [-0.25, -0.2) is 4.79 Å². The van der Waals surface area contributed by atoms with Crippen LogP contribution in [0.4, 0.5) is 0 Å². The van der Waals surface area contributed by atoms with Gasteiger partial charge in [0, 0.05) is 27.9 Å². The second-order valence-corrected chi connectivity index (χ2v) is 8.46. The number of carbonyl (C=O) groups excluding carboxylic acids is 2. The molecule has 2 heterocycles. The van der Waals surface area contributed by atoms with E-state index in [1.54, 1.807) is 11.3 Å². The molecular weight excluding hydrogens is 384 g/mol. The van der Waals surface area contributed by atoms with Gasteiger partial charge >= 0.3 is 5.97 Å². The van der Waals surface area contributed by atoms with Crippen molar-refractivity contribution in [2.45, 2.75) is 45.4 Å². The summed E-state index contributed by atoms with van der Waals surface area (Å²) in [6, 6.07) is 15.3. The zero-order valence-corrected chi connectivity index (χ0v) is 17.4. The van der Waals surface area contributed by atoms with Crippen molar-refractivity contribution in [3.63, 3.8) is 0 Å². The van der Waals surface area contributed by atoms with Crippen LogP contribution in [0.25, 0.3) is 0 Å². The number of benzene rings is 1. The van der Waals surface area contributed by atoms with Gasteiger partial charge < -0.3 is 14.6 Å². The number of nitrogens with zero attached hydrogens (tertiary/aromatic N) is 1. The van der Waals surface area contributed by atoms with Gasteiger partial charge in [0.25, 0.3) is 5.91 Å². The van der Waals surface area contributed by atoms with E-state index in [2.05, 4.69) is 16.0 Å². The van der Waals surface area contributed by atoms with Crippen LogP contribution in [0.5, 0.6) is 0 Å². The van der Waals surface area contributed by atoms with Crippen molar-refractivity contribution in [1.29, 1.82) is 0 Å². The Morgan fingerprint density at radius 3 is 2.59 bits per heavy atom. The molecule has 1 fully saturated rings. The van der Waals surface area contributed by atoms with Crippen LogP contribution in [-0.4, -0.2) is 22.5 Å². The molecule has 5 nitrogen and oxygen atoms in total. The third-order valence-electron chi connectivity index (χ3n) is 5.18. The molecule has 1 aromatic carbocycles. The maximum absolute atomic E-state index is 13.0. The average Bonchev–Trinajstić information content (AvgIpc) is 3.29. The molecule has 0 saturated heterocycles. The molecule has 0 radical (unpaired) electrons. The molecule has 0 aliphatic heterocycles. The second kappa shape index (κ2) is 8.25. The summed E-state index contributed by atoms with van der Waals surface area (Å²) in [6.07, 6.45) is 1.00. The Balaban J connectivity index is 1.56. The molecule has 0 spiro atoms. The van der Waals surface area contributed by atoms with Crippen LogP contribution < -0.4 is 5.32 Å². The highest BCUT2D eigenvalue weighted by molar-refractivity contribution is 7.09. The third-order valence-corrected chi connectivity index (χ3v) is 6.04. The van der Waals surface area contributed by atoms with Gasteiger partial charge in [0.15, 0.2) is 0 Å². The number of aromatic nitrogens is 1. The number of ether oxygens (including phenoxy) is 1. The summed E-state index contributed by atoms with van der Waals surface area (Å²) in [6.45, 7) is 4.61. The molecule has 3 aromatic rings. The lowest BCUT2D eigenvalue weighted by Crippen LogP contribution is -2.33. The first-order valence-corrected chi connectivity index (χ1v) is 10.7. The van der Waals surface area contributed by atoms with Crippen LogP contribution in [0.1, 0.15) is 51.1 Å². The summed E-state index contributed by atoms with van der Waals surface area (Å²) in [4.78, 5) is 27.0.